The Hall–Kier alpha value is -2.02. The lowest BCUT2D eigenvalue weighted by Gasteiger charge is -2.07. The van der Waals surface area contributed by atoms with Crippen LogP contribution in [0.3, 0.4) is 0 Å². The number of nitrogen functional groups attached to an aromatic ring is 1. The fourth-order valence-corrected chi connectivity index (χ4v) is 2.37. The van der Waals surface area contributed by atoms with E-state index in [1.807, 2.05) is 20.8 Å². The molecular formula is C12H14N6S. The Morgan fingerprint density at radius 3 is 2.26 bits per heavy atom. The summed E-state index contributed by atoms with van der Waals surface area (Å²) in [5, 5.41) is 8.61. The summed E-state index contributed by atoms with van der Waals surface area (Å²) in [6.45, 7) is 5.87. The quantitative estimate of drug-likeness (QED) is 0.501. The topological polar surface area (TPSA) is 101 Å². The van der Waals surface area contributed by atoms with Crippen molar-refractivity contribution >= 4 is 17.6 Å². The summed E-state index contributed by atoms with van der Waals surface area (Å²) >= 11 is 1.26. The van der Waals surface area contributed by atoms with Crippen molar-refractivity contribution in [2.45, 2.75) is 31.0 Å². The van der Waals surface area contributed by atoms with Crippen molar-refractivity contribution in [1.82, 2.24) is 19.9 Å². The standard InChI is InChI=1S/C12H14N6S/c1-6-7(2)17-12(18-8(6)3)19-11-9(10(13)14)15-4-5-16-11/h4-5H,1-3H3,(H3,13,14). The van der Waals surface area contributed by atoms with Gasteiger partial charge in [-0.3, -0.25) is 5.41 Å². The first kappa shape index (κ1) is 13.4. The molecular weight excluding hydrogens is 260 g/mol. The van der Waals surface area contributed by atoms with Crippen molar-refractivity contribution in [3.63, 3.8) is 0 Å². The van der Waals surface area contributed by atoms with Gasteiger partial charge in [-0.1, -0.05) is 0 Å². The van der Waals surface area contributed by atoms with Crippen LogP contribution in [0.5, 0.6) is 0 Å². The fraction of sp³-hybridized carbons (Fsp3) is 0.250. The van der Waals surface area contributed by atoms with Gasteiger partial charge in [0.05, 0.1) is 0 Å². The van der Waals surface area contributed by atoms with Crippen LogP contribution in [-0.4, -0.2) is 25.8 Å². The summed E-state index contributed by atoms with van der Waals surface area (Å²) in [5.74, 6) is -0.115. The second-order valence-corrected chi connectivity index (χ2v) is 4.98. The third-order valence-corrected chi connectivity index (χ3v) is 3.58. The molecule has 0 aliphatic rings. The van der Waals surface area contributed by atoms with Crippen molar-refractivity contribution in [3.8, 4) is 0 Å². The summed E-state index contributed by atoms with van der Waals surface area (Å²) in [4.78, 5) is 17.0. The van der Waals surface area contributed by atoms with E-state index in [1.54, 1.807) is 6.20 Å². The van der Waals surface area contributed by atoms with Crippen LogP contribution in [0.15, 0.2) is 22.6 Å². The summed E-state index contributed by atoms with van der Waals surface area (Å²) in [6.07, 6.45) is 3.07. The van der Waals surface area contributed by atoms with E-state index in [2.05, 4.69) is 19.9 Å². The lowest BCUT2D eigenvalue weighted by Crippen LogP contribution is -2.15. The van der Waals surface area contributed by atoms with Gasteiger partial charge < -0.3 is 5.73 Å². The van der Waals surface area contributed by atoms with Crippen LogP contribution >= 0.6 is 11.8 Å². The van der Waals surface area contributed by atoms with E-state index in [-0.39, 0.29) is 5.84 Å². The number of nitrogens with two attached hydrogens (primary N) is 1. The van der Waals surface area contributed by atoms with Gasteiger partial charge in [-0.05, 0) is 38.1 Å². The average Bonchev–Trinajstić information content (AvgIpc) is 2.36. The third-order valence-electron chi connectivity index (χ3n) is 2.72. The van der Waals surface area contributed by atoms with Crippen molar-refractivity contribution in [2.75, 3.05) is 0 Å². The van der Waals surface area contributed by atoms with E-state index in [4.69, 9.17) is 11.1 Å². The zero-order valence-corrected chi connectivity index (χ0v) is 11.7. The van der Waals surface area contributed by atoms with Crippen LogP contribution in [0.4, 0.5) is 0 Å². The minimum Gasteiger partial charge on any atom is -0.382 e. The second kappa shape index (κ2) is 5.31. The first-order valence-corrected chi connectivity index (χ1v) is 6.45. The van der Waals surface area contributed by atoms with E-state index in [9.17, 15) is 0 Å². The third kappa shape index (κ3) is 2.87. The highest BCUT2D eigenvalue weighted by atomic mass is 32.2. The summed E-state index contributed by atoms with van der Waals surface area (Å²) in [6, 6.07) is 0. The number of aromatic nitrogens is 4. The number of hydrogen-bond acceptors (Lipinski definition) is 6. The van der Waals surface area contributed by atoms with Crippen LogP contribution < -0.4 is 5.73 Å². The van der Waals surface area contributed by atoms with Gasteiger partial charge in [-0.15, -0.1) is 0 Å². The molecule has 0 unspecified atom stereocenters. The molecule has 0 aliphatic carbocycles. The molecule has 0 atom stereocenters. The second-order valence-electron chi connectivity index (χ2n) is 4.03. The molecule has 0 aromatic carbocycles. The predicted molar refractivity (Wildman–Crippen MR) is 73.4 cm³/mol. The van der Waals surface area contributed by atoms with Crippen LogP contribution in [0.2, 0.25) is 0 Å². The average molecular weight is 274 g/mol. The number of nitrogens with one attached hydrogen (secondary N) is 1. The number of rotatable bonds is 3. The maximum absolute atomic E-state index is 7.48. The lowest BCUT2D eigenvalue weighted by atomic mass is 10.2. The van der Waals surface area contributed by atoms with Crippen molar-refractivity contribution in [2.24, 2.45) is 5.73 Å². The van der Waals surface area contributed by atoms with E-state index in [1.165, 1.54) is 18.0 Å². The monoisotopic (exact) mass is 274 g/mol. The smallest absolute Gasteiger partial charge is 0.194 e. The van der Waals surface area contributed by atoms with Gasteiger partial charge >= 0.3 is 0 Å². The summed E-state index contributed by atoms with van der Waals surface area (Å²) < 4.78 is 0. The minimum atomic E-state index is -0.115. The van der Waals surface area contributed by atoms with Gasteiger partial charge in [0.2, 0.25) is 0 Å². The van der Waals surface area contributed by atoms with Crippen LogP contribution in [0.25, 0.3) is 0 Å². The molecule has 2 heterocycles. The number of amidine groups is 1. The zero-order chi connectivity index (χ0) is 14.0. The van der Waals surface area contributed by atoms with Crippen LogP contribution in [0, 0.1) is 26.2 Å². The van der Waals surface area contributed by atoms with Crippen molar-refractivity contribution in [3.05, 3.63) is 35.0 Å². The highest BCUT2D eigenvalue weighted by molar-refractivity contribution is 7.99. The van der Waals surface area contributed by atoms with Gasteiger partial charge in [0.15, 0.2) is 5.16 Å². The van der Waals surface area contributed by atoms with E-state index >= 15 is 0 Å². The Kier molecular flexibility index (Phi) is 3.75. The molecule has 6 nitrogen and oxygen atoms in total. The first-order chi connectivity index (χ1) is 8.99. The maximum atomic E-state index is 7.48. The zero-order valence-electron chi connectivity index (χ0n) is 10.9. The molecule has 3 N–H and O–H groups in total. The number of hydrogen-bond donors (Lipinski definition) is 2. The SMILES string of the molecule is Cc1nc(Sc2nccnc2C(=N)N)nc(C)c1C. The molecule has 0 spiro atoms. The van der Waals surface area contributed by atoms with E-state index in [0.717, 1.165) is 17.0 Å². The maximum Gasteiger partial charge on any atom is 0.194 e. The molecule has 0 saturated heterocycles. The van der Waals surface area contributed by atoms with Crippen LogP contribution in [0.1, 0.15) is 22.6 Å². The molecule has 0 radical (unpaired) electrons. The van der Waals surface area contributed by atoms with Crippen LogP contribution in [-0.2, 0) is 0 Å². The molecule has 98 valence electrons. The normalized spacial score (nSPS) is 10.5. The van der Waals surface area contributed by atoms with Gasteiger partial charge in [-0.25, -0.2) is 19.9 Å². The van der Waals surface area contributed by atoms with E-state index < -0.39 is 0 Å². The fourth-order valence-electron chi connectivity index (χ4n) is 1.46. The Morgan fingerprint density at radius 1 is 1.11 bits per heavy atom. The molecule has 2 rings (SSSR count). The predicted octanol–water partition coefficient (Wildman–Crippen LogP) is 1.63. The largest absolute Gasteiger partial charge is 0.382 e. The molecule has 2 aromatic rings. The van der Waals surface area contributed by atoms with Gasteiger partial charge in [0, 0.05) is 23.8 Å². The van der Waals surface area contributed by atoms with Gasteiger partial charge in [-0.2, -0.15) is 0 Å². The highest BCUT2D eigenvalue weighted by Gasteiger charge is 2.12. The lowest BCUT2D eigenvalue weighted by molar-refractivity contribution is 0.876. The van der Waals surface area contributed by atoms with Crippen molar-refractivity contribution in [1.29, 1.82) is 5.41 Å². The number of nitrogens with zero attached hydrogens (tertiary/aromatic N) is 4. The highest BCUT2D eigenvalue weighted by Crippen LogP contribution is 2.25. The Bertz CT molecular complexity index is 617. The van der Waals surface area contributed by atoms with Crippen molar-refractivity contribution < 1.29 is 0 Å². The van der Waals surface area contributed by atoms with Gasteiger partial charge in [0.25, 0.3) is 0 Å². The Morgan fingerprint density at radius 2 is 1.68 bits per heavy atom. The molecule has 0 saturated carbocycles. The molecule has 7 heteroatoms. The number of aryl methyl sites for hydroxylation is 2. The van der Waals surface area contributed by atoms with E-state index in [0.29, 0.717) is 15.9 Å². The first-order valence-electron chi connectivity index (χ1n) is 5.64. The molecule has 2 aromatic heterocycles. The Labute approximate surface area is 115 Å². The molecule has 0 fully saturated rings. The van der Waals surface area contributed by atoms with Gasteiger partial charge in [0.1, 0.15) is 16.6 Å². The minimum absolute atomic E-state index is 0.115. The molecule has 19 heavy (non-hydrogen) atoms. The Balaban J connectivity index is 2.39. The molecule has 0 bridgehead atoms. The molecule has 0 amide bonds. The molecule has 0 aliphatic heterocycles. The summed E-state index contributed by atoms with van der Waals surface area (Å²) in [5.41, 5.74) is 8.78. The summed E-state index contributed by atoms with van der Waals surface area (Å²) in [7, 11) is 0.